The van der Waals surface area contributed by atoms with Gasteiger partial charge in [-0.15, -0.1) is 0 Å². The average Bonchev–Trinajstić information content (AvgIpc) is 2.89. The van der Waals surface area contributed by atoms with E-state index < -0.39 is 9.84 Å². The lowest BCUT2D eigenvalue weighted by molar-refractivity contribution is -0.131. The highest BCUT2D eigenvalue weighted by atomic mass is 32.2. The SMILES string of the molecule is COc1ccc(C2=NN(Cc3ccc(S(C)(=O)=O)cc3)C(=O)CCC2)cc1OC. The highest BCUT2D eigenvalue weighted by molar-refractivity contribution is 7.90. The highest BCUT2D eigenvalue weighted by Gasteiger charge is 2.20. The fourth-order valence-corrected chi connectivity index (χ4v) is 3.77. The van der Waals surface area contributed by atoms with Crippen molar-refractivity contribution in [1.29, 1.82) is 0 Å². The molecule has 29 heavy (non-hydrogen) atoms. The quantitative estimate of drug-likeness (QED) is 0.723. The molecular formula is C21H24N2O5S. The monoisotopic (exact) mass is 416 g/mol. The number of hydrogen-bond acceptors (Lipinski definition) is 6. The summed E-state index contributed by atoms with van der Waals surface area (Å²) < 4.78 is 33.9. The van der Waals surface area contributed by atoms with E-state index in [2.05, 4.69) is 5.10 Å². The van der Waals surface area contributed by atoms with Crippen LogP contribution in [-0.4, -0.2) is 45.5 Å². The average molecular weight is 416 g/mol. The standard InChI is InChI=1S/C21H24N2O5S/c1-27-19-12-9-16(13-20(19)28-2)18-5-4-6-21(24)23(22-18)14-15-7-10-17(11-8-15)29(3,25)26/h7-13H,4-6,14H2,1-3H3. The van der Waals surface area contributed by atoms with Gasteiger partial charge in [0.05, 0.1) is 31.4 Å². The van der Waals surface area contributed by atoms with Crippen molar-refractivity contribution in [2.24, 2.45) is 5.10 Å². The van der Waals surface area contributed by atoms with E-state index in [0.29, 0.717) is 30.8 Å². The number of hydrazone groups is 1. The number of benzene rings is 2. The van der Waals surface area contributed by atoms with E-state index in [-0.39, 0.29) is 17.3 Å². The number of carbonyl (C=O) groups is 1. The fraction of sp³-hybridized carbons (Fsp3) is 0.333. The van der Waals surface area contributed by atoms with Crippen molar-refractivity contribution in [2.75, 3.05) is 20.5 Å². The number of rotatable bonds is 6. The predicted octanol–water partition coefficient (Wildman–Crippen LogP) is 3.02. The lowest BCUT2D eigenvalue weighted by Crippen LogP contribution is -2.25. The Morgan fingerprint density at radius 2 is 1.69 bits per heavy atom. The van der Waals surface area contributed by atoms with Crippen molar-refractivity contribution < 1.29 is 22.7 Å². The van der Waals surface area contributed by atoms with Gasteiger partial charge in [-0.2, -0.15) is 5.10 Å². The Labute approximate surface area is 170 Å². The van der Waals surface area contributed by atoms with E-state index in [1.165, 1.54) is 11.3 Å². The summed E-state index contributed by atoms with van der Waals surface area (Å²) in [6.07, 6.45) is 2.95. The van der Waals surface area contributed by atoms with E-state index >= 15 is 0 Å². The van der Waals surface area contributed by atoms with Gasteiger partial charge in [0.2, 0.25) is 5.91 Å². The van der Waals surface area contributed by atoms with Crippen LogP contribution in [0.5, 0.6) is 11.5 Å². The molecule has 0 radical (unpaired) electrons. The molecule has 0 bridgehead atoms. The lowest BCUT2D eigenvalue weighted by Gasteiger charge is -2.17. The molecule has 0 unspecified atom stereocenters. The van der Waals surface area contributed by atoms with E-state index in [0.717, 1.165) is 16.8 Å². The molecule has 1 amide bonds. The first kappa shape index (κ1) is 20.9. The summed E-state index contributed by atoms with van der Waals surface area (Å²) in [5, 5.41) is 6.06. The second-order valence-corrected chi connectivity index (χ2v) is 8.85. The molecule has 3 rings (SSSR count). The second kappa shape index (κ2) is 8.65. The molecular weight excluding hydrogens is 392 g/mol. The van der Waals surface area contributed by atoms with Gasteiger partial charge in [0, 0.05) is 18.2 Å². The Balaban J connectivity index is 1.88. The summed E-state index contributed by atoms with van der Waals surface area (Å²) in [5.74, 6) is 1.17. The highest BCUT2D eigenvalue weighted by Crippen LogP contribution is 2.29. The minimum atomic E-state index is -3.26. The smallest absolute Gasteiger partial charge is 0.242 e. The molecule has 0 N–H and O–H groups in total. The second-order valence-electron chi connectivity index (χ2n) is 6.84. The fourth-order valence-electron chi connectivity index (χ4n) is 3.14. The van der Waals surface area contributed by atoms with Crippen LogP contribution in [0.1, 0.15) is 30.4 Å². The molecule has 1 heterocycles. The third kappa shape index (κ3) is 4.95. The van der Waals surface area contributed by atoms with Crippen molar-refractivity contribution in [1.82, 2.24) is 5.01 Å². The Morgan fingerprint density at radius 1 is 1.00 bits per heavy atom. The van der Waals surface area contributed by atoms with Gasteiger partial charge in [-0.25, -0.2) is 13.4 Å². The number of carbonyl (C=O) groups excluding carboxylic acids is 1. The minimum Gasteiger partial charge on any atom is -0.493 e. The normalized spacial score (nSPS) is 14.9. The van der Waals surface area contributed by atoms with Gasteiger partial charge in [0.15, 0.2) is 21.3 Å². The third-order valence-corrected chi connectivity index (χ3v) is 5.86. The first-order valence-corrected chi connectivity index (χ1v) is 11.1. The van der Waals surface area contributed by atoms with Crippen LogP contribution in [0.3, 0.4) is 0 Å². The number of methoxy groups -OCH3 is 2. The van der Waals surface area contributed by atoms with Crippen molar-refractivity contribution >= 4 is 21.5 Å². The molecule has 0 saturated carbocycles. The largest absolute Gasteiger partial charge is 0.493 e. The van der Waals surface area contributed by atoms with Gasteiger partial charge in [-0.3, -0.25) is 4.79 Å². The van der Waals surface area contributed by atoms with Gasteiger partial charge >= 0.3 is 0 Å². The first-order chi connectivity index (χ1) is 13.8. The van der Waals surface area contributed by atoms with Crippen LogP contribution in [0.15, 0.2) is 52.5 Å². The zero-order valence-electron chi connectivity index (χ0n) is 16.7. The van der Waals surface area contributed by atoms with Crippen LogP contribution in [-0.2, 0) is 21.2 Å². The molecule has 0 aromatic heterocycles. The Hall–Kier alpha value is -2.87. The maximum Gasteiger partial charge on any atom is 0.242 e. The zero-order valence-corrected chi connectivity index (χ0v) is 17.5. The first-order valence-electron chi connectivity index (χ1n) is 9.21. The van der Waals surface area contributed by atoms with Gasteiger partial charge in [0.1, 0.15) is 0 Å². The van der Waals surface area contributed by atoms with E-state index in [9.17, 15) is 13.2 Å². The molecule has 1 aliphatic rings. The molecule has 0 saturated heterocycles. The van der Waals surface area contributed by atoms with Crippen LogP contribution in [0, 0.1) is 0 Å². The molecule has 0 atom stereocenters. The topological polar surface area (TPSA) is 85.3 Å². The summed E-state index contributed by atoms with van der Waals surface area (Å²) in [7, 11) is -0.101. The molecule has 8 heteroatoms. The summed E-state index contributed by atoms with van der Waals surface area (Å²) >= 11 is 0. The van der Waals surface area contributed by atoms with Crippen molar-refractivity contribution in [2.45, 2.75) is 30.7 Å². The summed E-state index contributed by atoms with van der Waals surface area (Å²) in [6.45, 7) is 0.277. The predicted molar refractivity (Wildman–Crippen MR) is 110 cm³/mol. The van der Waals surface area contributed by atoms with Crippen LogP contribution >= 0.6 is 0 Å². The zero-order chi connectivity index (χ0) is 21.0. The van der Waals surface area contributed by atoms with Crippen molar-refractivity contribution in [3.63, 3.8) is 0 Å². The molecule has 1 aliphatic heterocycles. The van der Waals surface area contributed by atoms with Gasteiger partial charge < -0.3 is 9.47 Å². The number of nitrogens with zero attached hydrogens (tertiary/aromatic N) is 2. The maximum atomic E-state index is 12.5. The summed E-state index contributed by atoms with van der Waals surface area (Å²) in [4.78, 5) is 12.8. The van der Waals surface area contributed by atoms with Crippen molar-refractivity contribution in [3.05, 3.63) is 53.6 Å². The number of amides is 1. The lowest BCUT2D eigenvalue weighted by atomic mass is 10.0. The molecule has 7 nitrogen and oxygen atoms in total. The maximum absolute atomic E-state index is 12.5. The number of hydrogen-bond donors (Lipinski definition) is 0. The van der Waals surface area contributed by atoms with Gasteiger partial charge in [0.25, 0.3) is 0 Å². The van der Waals surface area contributed by atoms with E-state index in [1.807, 2.05) is 18.2 Å². The number of ether oxygens (including phenoxy) is 2. The summed E-state index contributed by atoms with van der Waals surface area (Å²) in [5.41, 5.74) is 2.47. The molecule has 2 aromatic carbocycles. The number of sulfone groups is 1. The molecule has 2 aromatic rings. The van der Waals surface area contributed by atoms with Crippen LogP contribution in [0.25, 0.3) is 0 Å². The Bertz CT molecular complexity index is 1030. The molecule has 0 fully saturated rings. The Morgan fingerprint density at radius 3 is 2.31 bits per heavy atom. The third-order valence-electron chi connectivity index (χ3n) is 4.73. The van der Waals surface area contributed by atoms with E-state index in [4.69, 9.17) is 9.47 Å². The van der Waals surface area contributed by atoms with Gasteiger partial charge in [-0.1, -0.05) is 12.1 Å². The Kier molecular flexibility index (Phi) is 6.22. The van der Waals surface area contributed by atoms with Crippen LogP contribution in [0.2, 0.25) is 0 Å². The molecule has 154 valence electrons. The van der Waals surface area contributed by atoms with E-state index in [1.54, 1.807) is 38.5 Å². The molecule has 0 aliphatic carbocycles. The molecule has 0 spiro atoms. The van der Waals surface area contributed by atoms with Crippen LogP contribution in [0.4, 0.5) is 0 Å². The van der Waals surface area contributed by atoms with Gasteiger partial charge in [-0.05, 0) is 48.7 Å². The minimum absolute atomic E-state index is 0.0623. The van der Waals surface area contributed by atoms with Crippen LogP contribution < -0.4 is 9.47 Å². The van der Waals surface area contributed by atoms with Crippen molar-refractivity contribution in [3.8, 4) is 11.5 Å². The summed E-state index contributed by atoms with van der Waals surface area (Å²) in [6, 6.07) is 12.1.